The fraction of sp³-hybridized carbons (Fsp3) is 0.600. The second-order valence-corrected chi connectivity index (χ2v) is 7.53. The number of amides is 1. The van der Waals surface area contributed by atoms with Gasteiger partial charge >= 0.3 is 5.97 Å². The number of nitrogens with zero attached hydrogens (tertiary/aromatic N) is 1. The zero-order chi connectivity index (χ0) is 18.1. The first kappa shape index (κ1) is 17.8. The molecule has 5 heteroatoms. The Labute approximate surface area is 149 Å². The van der Waals surface area contributed by atoms with E-state index in [9.17, 15) is 9.59 Å². The van der Waals surface area contributed by atoms with Crippen molar-refractivity contribution in [1.82, 2.24) is 4.90 Å². The van der Waals surface area contributed by atoms with Crippen LogP contribution in [0.15, 0.2) is 12.1 Å². The maximum Gasteiger partial charge on any atom is 0.341 e. The van der Waals surface area contributed by atoms with E-state index >= 15 is 0 Å². The monoisotopic (exact) mass is 345 g/mol. The number of benzene rings is 1. The van der Waals surface area contributed by atoms with Crippen LogP contribution < -0.4 is 4.74 Å². The van der Waals surface area contributed by atoms with Crippen LogP contribution in [0.25, 0.3) is 0 Å². The minimum absolute atomic E-state index is 0.0953. The molecule has 3 atom stereocenters. The number of carboxylic acids is 1. The summed E-state index contributed by atoms with van der Waals surface area (Å²) in [6, 6.07) is 4.31. The lowest BCUT2D eigenvalue weighted by Crippen LogP contribution is -2.42. The molecule has 1 heterocycles. The second-order valence-electron chi connectivity index (χ2n) is 7.53. The highest BCUT2D eigenvalue weighted by atomic mass is 16.5. The van der Waals surface area contributed by atoms with E-state index in [1.807, 2.05) is 26.0 Å². The van der Waals surface area contributed by atoms with Crippen molar-refractivity contribution in [1.29, 1.82) is 0 Å². The highest BCUT2D eigenvalue weighted by Gasteiger charge is 2.42. The Morgan fingerprint density at radius 1 is 1.20 bits per heavy atom. The van der Waals surface area contributed by atoms with Crippen LogP contribution in [0.1, 0.15) is 60.5 Å². The van der Waals surface area contributed by atoms with Crippen LogP contribution in [0.3, 0.4) is 0 Å². The van der Waals surface area contributed by atoms with Gasteiger partial charge in [-0.3, -0.25) is 4.79 Å². The molecule has 0 aromatic heterocycles. The quantitative estimate of drug-likeness (QED) is 0.906. The number of rotatable bonds is 4. The Morgan fingerprint density at radius 2 is 1.84 bits per heavy atom. The van der Waals surface area contributed by atoms with E-state index in [4.69, 9.17) is 9.84 Å². The lowest BCUT2D eigenvalue weighted by molar-refractivity contribution is -0.139. The molecular weight excluding hydrogens is 318 g/mol. The molecular formula is C20H27NO4. The normalized spacial score (nSPS) is 25.6. The van der Waals surface area contributed by atoms with Crippen molar-refractivity contribution in [2.24, 2.45) is 5.92 Å². The maximum absolute atomic E-state index is 13.2. The van der Waals surface area contributed by atoms with Crippen molar-refractivity contribution in [2.45, 2.75) is 65.0 Å². The molecule has 1 aliphatic carbocycles. The molecule has 1 aromatic carbocycles. The van der Waals surface area contributed by atoms with Gasteiger partial charge in [0, 0.05) is 17.6 Å². The van der Waals surface area contributed by atoms with Crippen LogP contribution >= 0.6 is 0 Å². The minimum atomic E-state index is -1.01. The lowest BCUT2D eigenvalue weighted by atomic mass is 9.85. The van der Waals surface area contributed by atoms with Crippen LogP contribution in [0.4, 0.5) is 0 Å². The van der Waals surface area contributed by atoms with E-state index in [-0.39, 0.29) is 18.6 Å². The Bertz CT molecular complexity index is 661. The number of carbonyl (C=O) groups excluding carboxylic acids is 1. The molecule has 0 spiro atoms. The van der Waals surface area contributed by atoms with Gasteiger partial charge in [0.1, 0.15) is 5.75 Å². The van der Waals surface area contributed by atoms with Gasteiger partial charge in [0.05, 0.1) is 0 Å². The largest absolute Gasteiger partial charge is 0.481 e. The van der Waals surface area contributed by atoms with Gasteiger partial charge in [0.15, 0.2) is 6.61 Å². The Hall–Kier alpha value is -2.04. The van der Waals surface area contributed by atoms with E-state index in [0.29, 0.717) is 23.3 Å². The molecule has 3 unspecified atom stereocenters. The molecule has 1 aromatic rings. The average molecular weight is 345 g/mol. The molecule has 0 bridgehead atoms. The van der Waals surface area contributed by atoms with Gasteiger partial charge in [-0.1, -0.05) is 12.8 Å². The number of aryl methyl sites for hydroxylation is 2. The zero-order valence-electron chi connectivity index (χ0n) is 15.2. The molecule has 2 aliphatic rings. The molecule has 2 fully saturated rings. The summed E-state index contributed by atoms with van der Waals surface area (Å²) in [5.74, 6) is 0.295. The molecule has 5 nitrogen and oxygen atoms in total. The summed E-state index contributed by atoms with van der Waals surface area (Å²) in [5, 5.41) is 8.80. The highest BCUT2D eigenvalue weighted by molar-refractivity contribution is 5.95. The third-order valence-corrected chi connectivity index (χ3v) is 5.63. The van der Waals surface area contributed by atoms with Gasteiger partial charge < -0.3 is 14.7 Å². The molecule has 1 N–H and O–H groups in total. The summed E-state index contributed by atoms with van der Waals surface area (Å²) in [4.78, 5) is 26.0. The van der Waals surface area contributed by atoms with Gasteiger partial charge in [-0.25, -0.2) is 4.79 Å². The number of carboxylic acid groups (broad SMARTS) is 1. The van der Waals surface area contributed by atoms with Crippen LogP contribution in [-0.4, -0.2) is 40.6 Å². The fourth-order valence-corrected chi connectivity index (χ4v) is 4.64. The minimum Gasteiger partial charge on any atom is -0.481 e. The van der Waals surface area contributed by atoms with Crippen LogP contribution in [0.2, 0.25) is 0 Å². The Balaban J connectivity index is 1.83. The number of hydrogen-bond acceptors (Lipinski definition) is 3. The number of ether oxygens (including phenoxy) is 1. The van der Waals surface area contributed by atoms with E-state index in [2.05, 4.69) is 11.8 Å². The Morgan fingerprint density at radius 3 is 2.48 bits per heavy atom. The summed E-state index contributed by atoms with van der Waals surface area (Å²) in [6.45, 7) is 5.50. The number of aliphatic carboxylic acids is 1. The Kier molecular flexibility index (Phi) is 5.02. The van der Waals surface area contributed by atoms with Gasteiger partial charge in [0.25, 0.3) is 5.91 Å². The topological polar surface area (TPSA) is 66.8 Å². The average Bonchev–Trinajstić information content (AvgIpc) is 2.88. The van der Waals surface area contributed by atoms with E-state index in [1.165, 1.54) is 19.3 Å². The smallest absolute Gasteiger partial charge is 0.341 e. The van der Waals surface area contributed by atoms with Crippen molar-refractivity contribution in [3.63, 3.8) is 0 Å². The van der Waals surface area contributed by atoms with E-state index in [0.717, 1.165) is 24.0 Å². The van der Waals surface area contributed by atoms with Crippen LogP contribution in [0, 0.1) is 19.8 Å². The van der Waals surface area contributed by atoms with Crippen molar-refractivity contribution in [3.05, 3.63) is 28.8 Å². The summed E-state index contributed by atoms with van der Waals surface area (Å²) < 4.78 is 5.37. The lowest BCUT2D eigenvalue weighted by Gasteiger charge is -2.33. The number of carbonyl (C=O) groups is 2. The molecule has 1 amide bonds. The number of likely N-dealkylation sites (tertiary alicyclic amines) is 1. The maximum atomic E-state index is 13.2. The molecule has 3 rings (SSSR count). The van der Waals surface area contributed by atoms with Gasteiger partial charge in [-0.05, 0) is 69.2 Å². The van der Waals surface area contributed by atoms with Crippen molar-refractivity contribution in [3.8, 4) is 5.75 Å². The summed E-state index contributed by atoms with van der Waals surface area (Å²) in [5.41, 5.74) is 2.28. The predicted molar refractivity (Wildman–Crippen MR) is 95.0 cm³/mol. The first-order valence-electron chi connectivity index (χ1n) is 9.17. The van der Waals surface area contributed by atoms with Gasteiger partial charge in [-0.2, -0.15) is 0 Å². The van der Waals surface area contributed by atoms with Crippen LogP contribution in [-0.2, 0) is 4.79 Å². The van der Waals surface area contributed by atoms with Crippen molar-refractivity contribution in [2.75, 3.05) is 6.61 Å². The molecule has 0 radical (unpaired) electrons. The van der Waals surface area contributed by atoms with Gasteiger partial charge in [-0.15, -0.1) is 0 Å². The first-order valence-corrected chi connectivity index (χ1v) is 9.17. The van der Waals surface area contributed by atoms with E-state index in [1.54, 1.807) is 0 Å². The third-order valence-electron chi connectivity index (χ3n) is 5.63. The summed E-state index contributed by atoms with van der Waals surface area (Å²) in [6.07, 6.45) is 5.94. The molecule has 136 valence electrons. The molecule has 1 saturated carbocycles. The fourth-order valence-electron chi connectivity index (χ4n) is 4.64. The summed E-state index contributed by atoms with van der Waals surface area (Å²) in [7, 11) is 0. The first-order chi connectivity index (χ1) is 11.9. The van der Waals surface area contributed by atoms with E-state index < -0.39 is 5.97 Å². The standard InChI is InChI=1S/C20H27NO4/c1-12-8-16(9-13(2)19(12)25-11-18(22)23)20(24)21-14(3)10-15-6-4-5-7-17(15)21/h8-9,14-15,17H,4-7,10-11H2,1-3H3,(H,22,23). The SMILES string of the molecule is Cc1cc(C(=O)N2C(C)CC3CCCCC32)cc(C)c1OCC(=O)O. The van der Waals surface area contributed by atoms with Gasteiger partial charge in [0.2, 0.25) is 0 Å². The summed E-state index contributed by atoms with van der Waals surface area (Å²) >= 11 is 0. The molecule has 25 heavy (non-hydrogen) atoms. The second kappa shape index (κ2) is 7.06. The van der Waals surface area contributed by atoms with Crippen molar-refractivity contribution >= 4 is 11.9 Å². The van der Waals surface area contributed by atoms with Crippen LogP contribution in [0.5, 0.6) is 5.75 Å². The zero-order valence-corrected chi connectivity index (χ0v) is 15.2. The number of hydrogen-bond donors (Lipinski definition) is 1. The molecule has 1 aliphatic heterocycles. The number of fused-ring (bicyclic) bond motifs is 1. The molecule has 1 saturated heterocycles. The highest BCUT2D eigenvalue weighted by Crippen LogP contribution is 2.40. The predicted octanol–water partition coefficient (Wildman–Crippen LogP) is 3.56. The van der Waals surface area contributed by atoms with Crippen molar-refractivity contribution < 1.29 is 19.4 Å². The third kappa shape index (κ3) is 3.51.